The minimum atomic E-state index is -0.315. The van der Waals surface area contributed by atoms with Crippen LogP contribution in [-0.2, 0) is 4.74 Å². The van der Waals surface area contributed by atoms with Crippen LogP contribution in [0.1, 0.15) is 23.7 Å². The SMILES string of the molecule is Cc1ccccc1C1CCNC(=O)O1. The number of ether oxygens (including phenoxy) is 1. The van der Waals surface area contributed by atoms with E-state index < -0.39 is 0 Å². The smallest absolute Gasteiger partial charge is 0.407 e. The Morgan fingerprint density at radius 2 is 2.21 bits per heavy atom. The van der Waals surface area contributed by atoms with Crippen molar-refractivity contribution in [2.24, 2.45) is 0 Å². The molecule has 1 aliphatic heterocycles. The van der Waals surface area contributed by atoms with Gasteiger partial charge in [-0.25, -0.2) is 4.79 Å². The lowest BCUT2D eigenvalue weighted by molar-refractivity contribution is 0.0735. The van der Waals surface area contributed by atoms with Gasteiger partial charge < -0.3 is 10.1 Å². The Bertz CT molecular complexity index is 349. The maximum Gasteiger partial charge on any atom is 0.407 e. The number of benzene rings is 1. The molecule has 74 valence electrons. The molecule has 0 aliphatic carbocycles. The van der Waals surface area contributed by atoms with E-state index in [1.807, 2.05) is 31.2 Å². The van der Waals surface area contributed by atoms with Gasteiger partial charge in [-0.3, -0.25) is 0 Å². The van der Waals surface area contributed by atoms with Gasteiger partial charge >= 0.3 is 6.09 Å². The van der Waals surface area contributed by atoms with E-state index >= 15 is 0 Å². The molecule has 1 atom stereocenters. The summed E-state index contributed by atoms with van der Waals surface area (Å²) in [4.78, 5) is 11.0. The summed E-state index contributed by atoms with van der Waals surface area (Å²) < 4.78 is 5.20. The molecule has 1 fully saturated rings. The summed E-state index contributed by atoms with van der Waals surface area (Å²) in [5.41, 5.74) is 2.29. The van der Waals surface area contributed by atoms with Gasteiger partial charge in [-0.2, -0.15) is 0 Å². The summed E-state index contributed by atoms with van der Waals surface area (Å²) >= 11 is 0. The number of alkyl carbamates (subject to hydrolysis) is 1. The van der Waals surface area contributed by atoms with E-state index in [9.17, 15) is 4.79 Å². The first-order chi connectivity index (χ1) is 6.77. The normalized spacial score (nSPS) is 21.2. The second-order valence-electron chi connectivity index (χ2n) is 3.47. The van der Waals surface area contributed by atoms with E-state index in [1.54, 1.807) is 0 Å². The van der Waals surface area contributed by atoms with Crippen LogP contribution < -0.4 is 5.32 Å². The van der Waals surface area contributed by atoms with E-state index in [2.05, 4.69) is 5.32 Å². The lowest BCUT2D eigenvalue weighted by Crippen LogP contribution is -2.34. The molecule has 14 heavy (non-hydrogen) atoms. The van der Waals surface area contributed by atoms with E-state index in [4.69, 9.17) is 4.74 Å². The molecule has 3 nitrogen and oxygen atoms in total. The van der Waals surface area contributed by atoms with Crippen LogP contribution in [0.15, 0.2) is 24.3 Å². The van der Waals surface area contributed by atoms with Crippen LogP contribution in [0.4, 0.5) is 4.79 Å². The topological polar surface area (TPSA) is 38.3 Å². The summed E-state index contributed by atoms with van der Waals surface area (Å²) in [7, 11) is 0. The molecular weight excluding hydrogens is 178 g/mol. The highest BCUT2D eigenvalue weighted by Gasteiger charge is 2.22. The molecule has 0 bridgehead atoms. The van der Waals surface area contributed by atoms with Crippen molar-refractivity contribution in [3.05, 3.63) is 35.4 Å². The Kier molecular flexibility index (Phi) is 2.39. The van der Waals surface area contributed by atoms with Gasteiger partial charge in [0.25, 0.3) is 0 Å². The Labute approximate surface area is 83.1 Å². The average molecular weight is 191 g/mol. The zero-order valence-corrected chi connectivity index (χ0v) is 8.12. The van der Waals surface area contributed by atoms with Crippen molar-refractivity contribution in [3.8, 4) is 0 Å². The van der Waals surface area contributed by atoms with Crippen LogP contribution in [0.5, 0.6) is 0 Å². The summed E-state index contributed by atoms with van der Waals surface area (Å²) in [6, 6.07) is 8.00. The molecule has 3 heteroatoms. The highest BCUT2D eigenvalue weighted by atomic mass is 16.6. The number of aryl methyl sites for hydroxylation is 1. The van der Waals surface area contributed by atoms with Gasteiger partial charge in [0.2, 0.25) is 0 Å². The highest BCUT2D eigenvalue weighted by molar-refractivity contribution is 5.68. The molecule has 0 radical (unpaired) electrons. The van der Waals surface area contributed by atoms with E-state index in [0.717, 1.165) is 12.0 Å². The highest BCUT2D eigenvalue weighted by Crippen LogP contribution is 2.25. The molecule has 0 saturated carbocycles. The molecule has 0 aromatic heterocycles. The van der Waals surface area contributed by atoms with Crippen molar-refractivity contribution in [3.63, 3.8) is 0 Å². The number of nitrogens with one attached hydrogen (secondary N) is 1. The largest absolute Gasteiger partial charge is 0.441 e. The zero-order valence-electron chi connectivity index (χ0n) is 8.12. The van der Waals surface area contributed by atoms with E-state index in [-0.39, 0.29) is 12.2 Å². The molecule has 2 rings (SSSR count). The van der Waals surface area contributed by atoms with Crippen LogP contribution in [0, 0.1) is 6.92 Å². The van der Waals surface area contributed by atoms with Crippen molar-refractivity contribution in [1.82, 2.24) is 5.32 Å². The number of amides is 1. The maximum atomic E-state index is 11.0. The van der Waals surface area contributed by atoms with Gasteiger partial charge in [0.1, 0.15) is 6.10 Å². The summed E-state index contributed by atoms with van der Waals surface area (Å²) in [6.07, 6.45) is 0.450. The van der Waals surface area contributed by atoms with Gasteiger partial charge in [-0.05, 0) is 18.1 Å². The van der Waals surface area contributed by atoms with Gasteiger partial charge in [0.15, 0.2) is 0 Å². The molecule has 1 aromatic carbocycles. The molecule has 1 amide bonds. The van der Waals surface area contributed by atoms with Gasteiger partial charge in [0.05, 0.1) is 0 Å². The molecule has 1 N–H and O–H groups in total. The number of carbonyl (C=O) groups is 1. The Morgan fingerprint density at radius 3 is 2.93 bits per heavy atom. The number of cyclic esters (lactones) is 1. The summed E-state index contributed by atoms with van der Waals surface area (Å²) in [6.45, 7) is 2.73. The second kappa shape index (κ2) is 3.70. The van der Waals surface area contributed by atoms with E-state index in [1.165, 1.54) is 5.56 Å². The molecule has 1 saturated heterocycles. The Morgan fingerprint density at radius 1 is 1.43 bits per heavy atom. The van der Waals surface area contributed by atoms with Crippen LogP contribution in [0.2, 0.25) is 0 Å². The summed E-state index contributed by atoms with van der Waals surface area (Å²) in [5.74, 6) is 0. The van der Waals surface area contributed by atoms with E-state index in [0.29, 0.717) is 6.54 Å². The summed E-state index contributed by atoms with van der Waals surface area (Å²) in [5, 5.41) is 2.64. The first kappa shape index (κ1) is 9.06. The van der Waals surface area contributed by atoms with Gasteiger partial charge in [0, 0.05) is 13.0 Å². The molecule has 0 spiro atoms. The third-order valence-corrected chi connectivity index (χ3v) is 2.46. The molecule has 1 aliphatic rings. The predicted molar refractivity (Wildman–Crippen MR) is 53.0 cm³/mol. The number of carbonyl (C=O) groups excluding carboxylic acids is 1. The Hall–Kier alpha value is -1.51. The van der Waals surface area contributed by atoms with Gasteiger partial charge in [-0.1, -0.05) is 24.3 Å². The van der Waals surface area contributed by atoms with Crippen molar-refractivity contribution in [2.75, 3.05) is 6.54 Å². The predicted octanol–water partition coefficient (Wildman–Crippen LogP) is 2.17. The van der Waals surface area contributed by atoms with Crippen LogP contribution >= 0.6 is 0 Å². The fraction of sp³-hybridized carbons (Fsp3) is 0.364. The number of hydrogen-bond donors (Lipinski definition) is 1. The van der Waals surface area contributed by atoms with Crippen molar-refractivity contribution in [1.29, 1.82) is 0 Å². The third kappa shape index (κ3) is 1.71. The van der Waals surface area contributed by atoms with Crippen molar-refractivity contribution < 1.29 is 9.53 Å². The van der Waals surface area contributed by atoms with Crippen molar-refractivity contribution in [2.45, 2.75) is 19.4 Å². The van der Waals surface area contributed by atoms with Crippen LogP contribution in [0.3, 0.4) is 0 Å². The second-order valence-corrected chi connectivity index (χ2v) is 3.47. The molecule has 1 aromatic rings. The molecular formula is C11H13NO2. The first-order valence-corrected chi connectivity index (χ1v) is 4.77. The van der Waals surface area contributed by atoms with Crippen LogP contribution in [0.25, 0.3) is 0 Å². The number of hydrogen-bond acceptors (Lipinski definition) is 2. The monoisotopic (exact) mass is 191 g/mol. The fourth-order valence-corrected chi connectivity index (χ4v) is 1.70. The lowest BCUT2D eigenvalue weighted by atomic mass is 10.0. The van der Waals surface area contributed by atoms with Crippen molar-refractivity contribution >= 4 is 6.09 Å². The lowest BCUT2D eigenvalue weighted by Gasteiger charge is -2.24. The third-order valence-electron chi connectivity index (χ3n) is 2.46. The Balaban J connectivity index is 2.22. The first-order valence-electron chi connectivity index (χ1n) is 4.77. The average Bonchev–Trinajstić information content (AvgIpc) is 2.18. The standard InChI is InChI=1S/C11H13NO2/c1-8-4-2-3-5-9(8)10-6-7-12-11(13)14-10/h2-5,10H,6-7H2,1H3,(H,12,13). The fourth-order valence-electron chi connectivity index (χ4n) is 1.70. The minimum Gasteiger partial charge on any atom is -0.441 e. The molecule has 1 unspecified atom stereocenters. The quantitative estimate of drug-likeness (QED) is 0.738. The molecule has 1 heterocycles. The number of rotatable bonds is 1. The maximum absolute atomic E-state index is 11.0. The minimum absolute atomic E-state index is 0.0788. The van der Waals surface area contributed by atoms with Gasteiger partial charge in [-0.15, -0.1) is 0 Å². The zero-order chi connectivity index (χ0) is 9.97. The van der Waals surface area contributed by atoms with Crippen LogP contribution in [-0.4, -0.2) is 12.6 Å².